The molecule has 5 nitrogen and oxygen atoms in total. The van der Waals surface area contributed by atoms with Crippen molar-refractivity contribution in [2.24, 2.45) is 0 Å². The Bertz CT molecular complexity index is 833. The van der Waals surface area contributed by atoms with E-state index in [1.54, 1.807) is 0 Å². The summed E-state index contributed by atoms with van der Waals surface area (Å²) in [7, 11) is 0. The Balaban J connectivity index is 2.01. The van der Waals surface area contributed by atoms with E-state index in [0.29, 0.717) is 0 Å². The first-order valence-electron chi connectivity index (χ1n) is 8.04. The summed E-state index contributed by atoms with van der Waals surface area (Å²) in [6.45, 7) is 10.3. The normalized spacial score (nSPS) is 12.6. The minimum atomic E-state index is 0.142. The van der Waals surface area contributed by atoms with Gasteiger partial charge in [-0.3, -0.25) is 4.98 Å². The maximum atomic E-state index is 4.71. The molecule has 1 atom stereocenters. The molecule has 0 aromatic carbocycles. The third-order valence-corrected chi connectivity index (χ3v) is 4.27. The lowest BCUT2D eigenvalue weighted by molar-refractivity contribution is 0.823. The van der Waals surface area contributed by atoms with E-state index < -0.39 is 0 Å². The van der Waals surface area contributed by atoms with Crippen LogP contribution in [0.25, 0.3) is 5.65 Å². The molecule has 0 saturated heterocycles. The molecule has 3 aromatic heterocycles. The molecule has 1 unspecified atom stereocenters. The van der Waals surface area contributed by atoms with E-state index in [2.05, 4.69) is 48.3 Å². The van der Waals surface area contributed by atoms with Crippen LogP contribution < -0.4 is 5.32 Å². The lowest BCUT2D eigenvalue weighted by Gasteiger charge is -2.17. The fourth-order valence-corrected chi connectivity index (χ4v) is 2.60. The first-order valence-corrected chi connectivity index (χ1v) is 8.04. The van der Waals surface area contributed by atoms with Gasteiger partial charge in [0.25, 0.3) is 0 Å². The van der Waals surface area contributed by atoms with Crippen LogP contribution in [0, 0.1) is 20.8 Å². The molecule has 0 bridgehead atoms. The second kappa shape index (κ2) is 5.99. The molecule has 0 aliphatic carbocycles. The number of nitrogens with zero attached hydrogens (tertiary/aromatic N) is 4. The smallest absolute Gasteiger partial charge is 0.160 e. The fourth-order valence-electron chi connectivity index (χ4n) is 2.60. The zero-order valence-electron chi connectivity index (χ0n) is 14.4. The average Bonchev–Trinajstić information content (AvgIpc) is 2.83. The Morgan fingerprint density at radius 3 is 2.65 bits per heavy atom. The number of rotatable bonds is 4. The van der Waals surface area contributed by atoms with Crippen LogP contribution in [0.15, 0.2) is 24.4 Å². The van der Waals surface area contributed by atoms with Gasteiger partial charge < -0.3 is 5.32 Å². The molecule has 5 heteroatoms. The van der Waals surface area contributed by atoms with Gasteiger partial charge in [0.15, 0.2) is 5.65 Å². The second-order valence-electron chi connectivity index (χ2n) is 6.03. The summed E-state index contributed by atoms with van der Waals surface area (Å²) in [5, 5.41) is 8.18. The number of hydrogen-bond donors (Lipinski definition) is 1. The van der Waals surface area contributed by atoms with Crippen molar-refractivity contribution >= 4 is 11.5 Å². The molecular formula is C18H23N5. The van der Waals surface area contributed by atoms with Gasteiger partial charge in [-0.1, -0.05) is 13.0 Å². The number of fused-ring (bicyclic) bond motifs is 1. The molecule has 3 heterocycles. The first kappa shape index (κ1) is 15.5. The van der Waals surface area contributed by atoms with E-state index in [0.717, 1.165) is 46.1 Å². The minimum absolute atomic E-state index is 0.142. The summed E-state index contributed by atoms with van der Waals surface area (Å²) in [5.41, 5.74) is 6.32. The minimum Gasteiger partial charge on any atom is -0.363 e. The lowest BCUT2D eigenvalue weighted by Crippen LogP contribution is -2.12. The molecule has 0 aliphatic heterocycles. The van der Waals surface area contributed by atoms with Crippen molar-refractivity contribution in [2.75, 3.05) is 5.32 Å². The van der Waals surface area contributed by atoms with Gasteiger partial charge in [-0.05, 0) is 45.7 Å². The van der Waals surface area contributed by atoms with Gasteiger partial charge in [0.05, 0.1) is 11.7 Å². The Morgan fingerprint density at radius 2 is 2.00 bits per heavy atom. The van der Waals surface area contributed by atoms with Crippen molar-refractivity contribution in [3.05, 3.63) is 52.6 Å². The number of aryl methyl sites for hydroxylation is 4. The number of nitrogens with one attached hydrogen (secondary N) is 1. The number of pyridine rings is 1. The van der Waals surface area contributed by atoms with Crippen LogP contribution in [0.2, 0.25) is 0 Å². The molecule has 3 aromatic rings. The van der Waals surface area contributed by atoms with Gasteiger partial charge in [-0.25, -0.2) is 4.98 Å². The molecule has 0 radical (unpaired) electrons. The summed E-state index contributed by atoms with van der Waals surface area (Å²) in [4.78, 5) is 9.10. The van der Waals surface area contributed by atoms with Gasteiger partial charge in [0.1, 0.15) is 5.82 Å². The van der Waals surface area contributed by atoms with Crippen molar-refractivity contribution in [1.82, 2.24) is 19.6 Å². The molecule has 23 heavy (non-hydrogen) atoms. The van der Waals surface area contributed by atoms with Crippen LogP contribution >= 0.6 is 0 Å². The van der Waals surface area contributed by atoms with Crippen LogP contribution in [0.3, 0.4) is 0 Å². The zero-order chi connectivity index (χ0) is 16.6. The van der Waals surface area contributed by atoms with Gasteiger partial charge in [0.2, 0.25) is 0 Å². The Morgan fingerprint density at radius 1 is 1.22 bits per heavy atom. The summed E-state index contributed by atoms with van der Waals surface area (Å²) in [6, 6.07) is 6.37. The first-order chi connectivity index (χ1) is 11.0. The molecule has 120 valence electrons. The molecule has 0 amide bonds. The van der Waals surface area contributed by atoms with E-state index in [1.165, 1.54) is 0 Å². The standard InChI is InChI=1S/C18H23N5/c1-6-16-9-17(23-18(21-16)12(3)13(4)22-23)20-14(5)15-8-7-11(2)19-10-15/h7-10,14,20H,6H2,1-5H3. The van der Waals surface area contributed by atoms with Gasteiger partial charge in [-0.15, -0.1) is 0 Å². The van der Waals surface area contributed by atoms with Gasteiger partial charge >= 0.3 is 0 Å². The van der Waals surface area contributed by atoms with Crippen LogP contribution in [-0.2, 0) is 6.42 Å². The Labute approximate surface area is 136 Å². The molecular weight excluding hydrogens is 286 g/mol. The SMILES string of the molecule is CCc1cc(NC(C)c2ccc(C)nc2)n2nc(C)c(C)c2n1. The highest BCUT2D eigenvalue weighted by Gasteiger charge is 2.14. The van der Waals surface area contributed by atoms with E-state index >= 15 is 0 Å². The predicted octanol–water partition coefficient (Wildman–Crippen LogP) is 3.79. The molecule has 0 fully saturated rings. The number of anilines is 1. The molecule has 1 N–H and O–H groups in total. The quantitative estimate of drug-likeness (QED) is 0.797. The Kier molecular flexibility index (Phi) is 4.03. The molecule has 3 rings (SSSR count). The van der Waals surface area contributed by atoms with Crippen molar-refractivity contribution < 1.29 is 0 Å². The van der Waals surface area contributed by atoms with E-state index in [-0.39, 0.29) is 6.04 Å². The van der Waals surface area contributed by atoms with Crippen LogP contribution in [0.4, 0.5) is 5.82 Å². The van der Waals surface area contributed by atoms with E-state index in [9.17, 15) is 0 Å². The maximum absolute atomic E-state index is 4.71. The summed E-state index contributed by atoms with van der Waals surface area (Å²) in [6.07, 6.45) is 2.82. The van der Waals surface area contributed by atoms with Crippen LogP contribution in [0.1, 0.15) is 48.1 Å². The van der Waals surface area contributed by atoms with E-state index in [1.807, 2.05) is 30.6 Å². The van der Waals surface area contributed by atoms with Crippen LogP contribution in [-0.4, -0.2) is 19.6 Å². The lowest BCUT2D eigenvalue weighted by atomic mass is 10.1. The van der Waals surface area contributed by atoms with Gasteiger partial charge in [-0.2, -0.15) is 9.61 Å². The highest BCUT2D eigenvalue weighted by atomic mass is 15.3. The topological polar surface area (TPSA) is 55.1 Å². The average molecular weight is 309 g/mol. The monoisotopic (exact) mass is 309 g/mol. The molecule has 0 spiro atoms. The Hall–Kier alpha value is -2.43. The largest absolute Gasteiger partial charge is 0.363 e. The highest BCUT2D eigenvalue weighted by Crippen LogP contribution is 2.23. The molecule has 0 aliphatic rings. The number of aromatic nitrogens is 4. The van der Waals surface area contributed by atoms with Gasteiger partial charge in [0, 0.05) is 29.2 Å². The highest BCUT2D eigenvalue weighted by molar-refractivity contribution is 5.56. The van der Waals surface area contributed by atoms with E-state index in [4.69, 9.17) is 4.98 Å². The van der Waals surface area contributed by atoms with Crippen molar-refractivity contribution in [3.8, 4) is 0 Å². The summed E-state index contributed by atoms with van der Waals surface area (Å²) < 4.78 is 1.90. The van der Waals surface area contributed by atoms with Crippen molar-refractivity contribution in [3.63, 3.8) is 0 Å². The maximum Gasteiger partial charge on any atom is 0.160 e. The number of hydrogen-bond acceptors (Lipinski definition) is 4. The summed E-state index contributed by atoms with van der Waals surface area (Å²) >= 11 is 0. The predicted molar refractivity (Wildman–Crippen MR) is 92.9 cm³/mol. The summed E-state index contributed by atoms with van der Waals surface area (Å²) in [5.74, 6) is 0.969. The third kappa shape index (κ3) is 2.91. The second-order valence-corrected chi connectivity index (χ2v) is 6.03. The van der Waals surface area contributed by atoms with Crippen molar-refractivity contribution in [2.45, 2.75) is 47.1 Å². The fraction of sp³-hybridized carbons (Fsp3) is 0.389. The zero-order valence-corrected chi connectivity index (χ0v) is 14.4. The third-order valence-electron chi connectivity index (χ3n) is 4.27. The molecule has 0 saturated carbocycles. The van der Waals surface area contributed by atoms with Crippen molar-refractivity contribution in [1.29, 1.82) is 0 Å². The van der Waals surface area contributed by atoms with Crippen LogP contribution in [0.5, 0.6) is 0 Å².